The van der Waals surface area contributed by atoms with Crippen LogP contribution in [0.3, 0.4) is 0 Å². The second-order valence-electron chi connectivity index (χ2n) is 8.11. The molecule has 2 atom stereocenters. The van der Waals surface area contributed by atoms with E-state index in [1.807, 2.05) is 12.2 Å². The second-order valence-corrected chi connectivity index (χ2v) is 9.79. The number of methoxy groups -OCH3 is 1. The Bertz CT molecular complexity index is 1210. The number of fused-ring (bicyclic) bond motifs is 1. The molecule has 178 valence electrons. The van der Waals surface area contributed by atoms with E-state index in [0.29, 0.717) is 30.0 Å². The molecule has 2 N–H and O–H groups in total. The summed E-state index contributed by atoms with van der Waals surface area (Å²) in [5.74, 6) is -1.07. The van der Waals surface area contributed by atoms with Crippen LogP contribution in [-0.4, -0.2) is 44.7 Å². The summed E-state index contributed by atoms with van der Waals surface area (Å²) < 4.78 is 33.0. The van der Waals surface area contributed by atoms with E-state index < -0.39 is 10.0 Å². The lowest BCUT2D eigenvalue weighted by atomic mass is 9.85. The van der Waals surface area contributed by atoms with Gasteiger partial charge in [-0.05, 0) is 49.2 Å². The highest BCUT2D eigenvalue weighted by atomic mass is 32.2. The molecule has 2 aliphatic rings. The van der Waals surface area contributed by atoms with Crippen molar-refractivity contribution >= 4 is 39.1 Å². The Balaban J connectivity index is 1.34. The maximum absolute atomic E-state index is 12.7. The molecule has 0 spiro atoms. The summed E-state index contributed by atoms with van der Waals surface area (Å²) in [6.07, 6.45) is 4.90. The predicted molar refractivity (Wildman–Crippen MR) is 126 cm³/mol. The summed E-state index contributed by atoms with van der Waals surface area (Å²) >= 11 is 0. The molecule has 0 saturated carbocycles. The summed E-state index contributed by atoms with van der Waals surface area (Å²) in [6, 6.07) is 12.3. The van der Waals surface area contributed by atoms with E-state index in [-0.39, 0.29) is 47.4 Å². The zero-order valence-corrected chi connectivity index (χ0v) is 19.4. The van der Waals surface area contributed by atoms with Crippen molar-refractivity contribution in [3.63, 3.8) is 0 Å². The number of allylic oxidation sites excluding steroid dienone is 2. The molecule has 0 aromatic heterocycles. The van der Waals surface area contributed by atoms with Crippen molar-refractivity contribution in [1.29, 1.82) is 0 Å². The lowest BCUT2D eigenvalue weighted by molar-refractivity contribution is -0.140. The van der Waals surface area contributed by atoms with Crippen molar-refractivity contribution in [2.45, 2.75) is 24.2 Å². The summed E-state index contributed by atoms with van der Waals surface area (Å²) in [5.41, 5.74) is 0.710. The zero-order valence-electron chi connectivity index (χ0n) is 18.6. The lowest BCUT2D eigenvalue weighted by Gasteiger charge is -2.14. The van der Waals surface area contributed by atoms with Gasteiger partial charge in [0.25, 0.3) is 10.0 Å². The molecule has 1 heterocycles. The van der Waals surface area contributed by atoms with Crippen LogP contribution in [0.4, 0.5) is 11.4 Å². The van der Waals surface area contributed by atoms with E-state index in [1.165, 1.54) is 36.3 Å². The van der Waals surface area contributed by atoms with Gasteiger partial charge in [-0.3, -0.25) is 24.0 Å². The Hall–Kier alpha value is -3.66. The molecule has 9 nitrogen and oxygen atoms in total. The molecule has 10 heteroatoms. The number of rotatable bonds is 8. The average Bonchev–Trinajstić information content (AvgIpc) is 3.08. The minimum Gasteiger partial charge on any atom is -0.495 e. The number of ether oxygens (including phenoxy) is 1. The normalized spacial score (nSPS) is 19.6. The number of nitrogens with zero attached hydrogens (tertiary/aromatic N) is 1. The molecule has 0 radical (unpaired) electrons. The highest BCUT2D eigenvalue weighted by molar-refractivity contribution is 7.92. The number of sulfonamides is 1. The van der Waals surface area contributed by atoms with Gasteiger partial charge in [-0.1, -0.05) is 24.3 Å². The van der Waals surface area contributed by atoms with Gasteiger partial charge in [0, 0.05) is 18.7 Å². The first-order chi connectivity index (χ1) is 16.3. The van der Waals surface area contributed by atoms with E-state index in [2.05, 4.69) is 10.0 Å². The second kappa shape index (κ2) is 9.68. The Kier molecular flexibility index (Phi) is 6.69. The smallest absolute Gasteiger partial charge is 0.262 e. The molecule has 34 heavy (non-hydrogen) atoms. The van der Waals surface area contributed by atoms with Crippen molar-refractivity contribution in [3.05, 3.63) is 60.7 Å². The Morgan fingerprint density at radius 3 is 2.24 bits per heavy atom. The quantitative estimate of drug-likeness (QED) is 0.440. The molecule has 1 aliphatic carbocycles. The molecule has 1 fully saturated rings. The van der Waals surface area contributed by atoms with Crippen LogP contribution >= 0.6 is 0 Å². The first-order valence-corrected chi connectivity index (χ1v) is 12.3. The van der Waals surface area contributed by atoms with E-state index in [9.17, 15) is 22.8 Å². The van der Waals surface area contributed by atoms with Crippen molar-refractivity contribution in [3.8, 4) is 5.75 Å². The van der Waals surface area contributed by atoms with E-state index in [1.54, 1.807) is 24.3 Å². The fourth-order valence-corrected chi connectivity index (χ4v) is 5.25. The third-order valence-electron chi connectivity index (χ3n) is 5.96. The summed E-state index contributed by atoms with van der Waals surface area (Å²) in [6.45, 7) is 0.0196. The first-order valence-electron chi connectivity index (χ1n) is 10.9. The minimum atomic E-state index is -3.86. The van der Waals surface area contributed by atoms with Gasteiger partial charge in [-0.2, -0.15) is 0 Å². The molecular weight excluding hydrogens is 458 g/mol. The fraction of sp³-hybridized carbons (Fsp3) is 0.292. The van der Waals surface area contributed by atoms with E-state index in [0.717, 1.165) is 0 Å². The summed E-state index contributed by atoms with van der Waals surface area (Å²) in [5, 5.41) is 2.67. The third kappa shape index (κ3) is 4.81. The van der Waals surface area contributed by atoms with Gasteiger partial charge in [0.1, 0.15) is 5.75 Å². The zero-order chi connectivity index (χ0) is 24.3. The molecular formula is C24H25N3O6S. The molecule has 0 bridgehead atoms. The van der Waals surface area contributed by atoms with Gasteiger partial charge in [0.05, 0.1) is 29.5 Å². The van der Waals surface area contributed by atoms with Crippen LogP contribution in [-0.2, 0) is 24.4 Å². The SMILES string of the molecule is COc1ccccc1NS(=O)(=O)c1ccc(NC(=O)CCN2C(=O)[C@H]3CC=CC[C@@H]3C2=O)cc1. The van der Waals surface area contributed by atoms with E-state index in [4.69, 9.17) is 4.74 Å². The first kappa shape index (κ1) is 23.5. The molecule has 1 saturated heterocycles. The molecule has 2 aromatic rings. The highest BCUT2D eigenvalue weighted by Gasteiger charge is 2.46. The number of carbonyl (C=O) groups is 3. The van der Waals surface area contributed by atoms with Gasteiger partial charge < -0.3 is 10.1 Å². The van der Waals surface area contributed by atoms with Crippen molar-refractivity contribution in [2.24, 2.45) is 11.8 Å². The number of benzene rings is 2. The molecule has 4 rings (SSSR count). The monoisotopic (exact) mass is 483 g/mol. The van der Waals surface area contributed by atoms with Crippen molar-refractivity contribution in [1.82, 2.24) is 4.90 Å². The average molecular weight is 484 g/mol. The number of amides is 3. The number of likely N-dealkylation sites (tertiary alicyclic amines) is 1. The predicted octanol–water partition coefficient (Wildman–Crippen LogP) is 2.78. The Labute approximate surface area is 197 Å². The maximum atomic E-state index is 12.7. The van der Waals surface area contributed by atoms with Gasteiger partial charge in [-0.25, -0.2) is 8.42 Å². The van der Waals surface area contributed by atoms with Crippen LogP contribution in [0, 0.1) is 11.8 Å². The number of anilines is 2. The van der Waals surface area contributed by atoms with E-state index >= 15 is 0 Å². The van der Waals surface area contributed by atoms with Gasteiger partial charge in [0.2, 0.25) is 17.7 Å². The maximum Gasteiger partial charge on any atom is 0.262 e. The molecule has 1 aliphatic heterocycles. The van der Waals surface area contributed by atoms with Gasteiger partial charge >= 0.3 is 0 Å². The third-order valence-corrected chi connectivity index (χ3v) is 7.34. The van der Waals surface area contributed by atoms with Crippen LogP contribution in [0.1, 0.15) is 19.3 Å². The molecule has 2 aromatic carbocycles. The largest absolute Gasteiger partial charge is 0.495 e. The number of carbonyl (C=O) groups excluding carboxylic acids is 3. The van der Waals surface area contributed by atoms with Crippen LogP contribution in [0.15, 0.2) is 65.6 Å². The topological polar surface area (TPSA) is 122 Å². The van der Waals surface area contributed by atoms with Crippen LogP contribution in [0.2, 0.25) is 0 Å². The Morgan fingerprint density at radius 2 is 1.62 bits per heavy atom. The molecule has 0 unspecified atom stereocenters. The van der Waals surface area contributed by atoms with Crippen LogP contribution in [0.5, 0.6) is 5.75 Å². The summed E-state index contributed by atoms with van der Waals surface area (Å²) in [4.78, 5) is 38.6. The van der Waals surface area contributed by atoms with Gasteiger partial charge in [-0.15, -0.1) is 0 Å². The number of imide groups is 1. The summed E-state index contributed by atoms with van der Waals surface area (Å²) in [7, 11) is -2.42. The number of hydrogen-bond donors (Lipinski definition) is 2. The number of nitrogens with one attached hydrogen (secondary N) is 2. The standard InChI is InChI=1S/C24H25N3O6S/c1-33-21-9-5-4-8-20(21)26-34(31,32)17-12-10-16(11-13-17)25-22(28)14-15-27-23(29)18-6-2-3-7-19(18)24(27)30/h2-5,8-13,18-19,26H,6-7,14-15H2,1H3,(H,25,28)/t18-,19-/m0/s1. The van der Waals surface area contributed by atoms with Crippen molar-refractivity contribution in [2.75, 3.05) is 23.7 Å². The number of hydrogen-bond acceptors (Lipinski definition) is 6. The van der Waals surface area contributed by atoms with Crippen LogP contribution < -0.4 is 14.8 Å². The minimum absolute atomic E-state index is 0.0147. The van der Waals surface area contributed by atoms with Gasteiger partial charge in [0.15, 0.2) is 0 Å². The molecule has 3 amide bonds. The highest BCUT2D eigenvalue weighted by Crippen LogP contribution is 2.35. The lowest BCUT2D eigenvalue weighted by Crippen LogP contribution is -2.34. The van der Waals surface area contributed by atoms with Crippen LogP contribution in [0.25, 0.3) is 0 Å². The fourth-order valence-electron chi connectivity index (χ4n) is 4.18. The Morgan fingerprint density at radius 1 is 1.00 bits per heavy atom. The number of para-hydroxylation sites is 2. The van der Waals surface area contributed by atoms with Crippen molar-refractivity contribution < 1.29 is 27.5 Å².